The number of likely N-dealkylation sites (tertiary alicyclic amines) is 1. The lowest BCUT2D eigenvalue weighted by Gasteiger charge is -2.38. The lowest BCUT2D eigenvalue weighted by Crippen LogP contribution is -2.44. The molecule has 5 nitrogen and oxygen atoms in total. The summed E-state index contributed by atoms with van der Waals surface area (Å²) < 4.78 is 1.90. The van der Waals surface area contributed by atoms with E-state index in [0.29, 0.717) is 11.3 Å². The van der Waals surface area contributed by atoms with Crippen molar-refractivity contribution in [3.63, 3.8) is 0 Å². The summed E-state index contributed by atoms with van der Waals surface area (Å²) in [6.07, 6.45) is 7.74. The van der Waals surface area contributed by atoms with Gasteiger partial charge in [-0.05, 0) is 44.1 Å². The van der Waals surface area contributed by atoms with Crippen LogP contribution in [0.15, 0.2) is 6.20 Å². The maximum absolute atomic E-state index is 12.8. The molecule has 0 aromatic carbocycles. The van der Waals surface area contributed by atoms with Crippen LogP contribution in [0, 0.1) is 5.41 Å². The Kier molecular flexibility index (Phi) is 3.06. The lowest BCUT2D eigenvalue weighted by molar-refractivity contribution is 0.0606. The highest BCUT2D eigenvalue weighted by Gasteiger charge is 2.39. The summed E-state index contributed by atoms with van der Waals surface area (Å²) in [6.45, 7) is 4.08. The van der Waals surface area contributed by atoms with Crippen molar-refractivity contribution in [2.45, 2.75) is 38.0 Å². The molecule has 1 saturated carbocycles. The Labute approximate surface area is 125 Å². The quantitative estimate of drug-likeness (QED) is 0.897. The number of nitrogens with zero attached hydrogens (tertiary/aromatic N) is 3. The summed E-state index contributed by atoms with van der Waals surface area (Å²) >= 11 is 0. The minimum absolute atomic E-state index is 0.200. The van der Waals surface area contributed by atoms with Gasteiger partial charge in [-0.2, -0.15) is 5.10 Å². The van der Waals surface area contributed by atoms with Crippen molar-refractivity contribution >= 4 is 5.91 Å². The van der Waals surface area contributed by atoms with Gasteiger partial charge in [-0.3, -0.25) is 9.48 Å². The number of aryl methyl sites for hydroxylation is 1. The second kappa shape index (κ2) is 4.83. The average molecular weight is 288 g/mol. The predicted octanol–water partition coefficient (Wildman–Crippen LogP) is 1.51. The molecule has 1 amide bonds. The number of aromatic nitrogens is 2. The Morgan fingerprint density at radius 2 is 2.10 bits per heavy atom. The van der Waals surface area contributed by atoms with E-state index in [2.05, 4.69) is 10.4 Å². The summed E-state index contributed by atoms with van der Waals surface area (Å²) in [5.74, 6) is 0.762. The van der Waals surface area contributed by atoms with E-state index < -0.39 is 0 Å². The van der Waals surface area contributed by atoms with E-state index in [9.17, 15) is 4.79 Å². The third-order valence-electron chi connectivity index (χ3n) is 5.62. The van der Waals surface area contributed by atoms with Crippen LogP contribution < -0.4 is 5.32 Å². The predicted molar refractivity (Wildman–Crippen MR) is 80.2 cm³/mol. The molecule has 1 spiro atoms. The standard InChI is InChI=1S/C16H24N4O/c1-19-14(12-2-3-12)13(10-18-19)15(21)20-8-5-16(6-9-20)4-7-17-11-16/h10,12,17H,2-9,11H2,1H3. The Hall–Kier alpha value is -1.36. The third kappa shape index (κ3) is 2.27. The van der Waals surface area contributed by atoms with Crippen LogP contribution in [0.1, 0.15) is 54.1 Å². The van der Waals surface area contributed by atoms with Crippen molar-refractivity contribution in [2.24, 2.45) is 12.5 Å². The summed E-state index contributed by atoms with van der Waals surface area (Å²) in [5.41, 5.74) is 2.47. The SMILES string of the molecule is Cn1ncc(C(=O)N2CCC3(CCNC3)CC2)c1C1CC1. The van der Waals surface area contributed by atoms with E-state index in [-0.39, 0.29) is 5.91 Å². The van der Waals surface area contributed by atoms with Gasteiger partial charge in [-0.15, -0.1) is 0 Å². The highest BCUT2D eigenvalue weighted by molar-refractivity contribution is 5.95. The molecule has 1 aromatic rings. The van der Waals surface area contributed by atoms with E-state index in [0.717, 1.165) is 50.3 Å². The smallest absolute Gasteiger partial charge is 0.257 e. The molecule has 1 N–H and O–H groups in total. The van der Waals surface area contributed by atoms with Gasteiger partial charge in [0.05, 0.1) is 17.5 Å². The molecule has 2 aliphatic heterocycles. The summed E-state index contributed by atoms with van der Waals surface area (Å²) in [5, 5.41) is 7.80. The first kappa shape index (κ1) is 13.3. The van der Waals surface area contributed by atoms with E-state index in [4.69, 9.17) is 0 Å². The van der Waals surface area contributed by atoms with Crippen molar-refractivity contribution in [3.05, 3.63) is 17.5 Å². The molecule has 5 heteroatoms. The Morgan fingerprint density at radius 3 is 2.71 bits per heavy atom. The number of amides is 1. The summed E-state index contributed by atoms with van der Waals surface area (Å²) in [4.78, 5) is 14.9. The Balaban J connectivity index is 1.49. The van der Waals surface area contributed by atoms with Gasteiger partial charge in [0, 0.05) is 32.6 Å². The number of rotatable bonds is 2. The van der Waals surface area contributed by atoms with Gasteiger partial charge in [0.1, 0.15) is 0 Å². The van der Waals surface area contributed by atoms with Crippen LogP contribution in [0.2, 0.25) is 0 Å². The van der Waals surface area contributed by atoms with Crippen molar-refractivity contribution in [2.75, 3.05) is 26.2 Å². The molecular weight excluding hydrogens is 264 g/mol. The first-order valence-electron chi connectivity index (χ1n) is 8.20. The fourth-order valence-corrected chi connectivity index (χ4v) is 4.03. The average Bonchev–Trinajstić information content (AvgIpc) is 3.12. The molecule has 114 valence electrons. The van der Waals surface area contributed by atoms with Crippen molar-refractivity contribution < 1.29 is 4.79 Å². The summed E-state index contributed by atoms with van der Waals surface area (Å²) in [6, 6.07) is 0. The molecule has 1 aromatic heterocycles. The second-order valence-electron chi connectivity index (χ2n) is 7.06. The molecular formula is C16H24N4O. The van der Waals surface area contributed by atoms with Crippen LogP contribution >= 0.6 is 0 Å². The number of hydrogen-bond donors (Lipinski definition) is 1. The third-order valence-corrected chi connectivity index (χ3v) is 5.62. The molecule has 3 fully saturated rings. The Morgan fingerprint density at radius 1 is 1.33 bits per heavy atom. The fraction of sp³-hybridized carbons (Fsp3) is 0.750. The monoisotopic (exact) mass is 288 g/mol. The van der Waals surface area contributed by atoms with E-state index >= 15 is 0 Å². The fourth-order valence-electron chi connectivity index (χ4n) is 4.03. The normalized spacial score (nSPS) is 24.7. The summed E-state index contributed by atoms with van der Waals surface area (Å²) in [7, 11) is 1.96. The van der Waals surface area contributed by atoms with Gasteiger partial charge in [0.15, 0.2) is 0 Å². The Bertz CT molecular complexity index is 545. The molecule has 1 aliphatic carbocycles. The highest BCUT2D eigenvalue weighted by Crippen LogP contribution is 2.42. The largest absolute Gasteiger partial charge is 0.338 e. The maximum Gasteiger partial charge on any atom is 0.257 e. The zero-order chi connectivity index (χ0) is 14.4. The number of nitrogens with one attached hydrogen (secondary N) is 1. The van der Waals surface area contributed by atoms with Crippen LogP contribution in [-0.2, 0) is 7.05 Å². The first-order chi connectivity index (χ1) is 10.2. The molecule has 21 heavy (non-hydrogen) atoms. The van der Waals surface area contributed by atoms with Crippen LogP contribution in [0.4, 0.5) is 0 Å². The van der Waals surface area contributed by atoms with E-state index in [1.54, 1.807) is 6.20 Å². The van der Waals surface area contributed by atoms with Crippen LogP contribution in [0.25, 0.3) is 0 Å². The van der Waals surface area contributed by atoms with Gasteiger partial charge >= 0.3 is 0 Å². The zero-order valence-electron chi connectivity index (χ0n) is 12.8. The molecule has 0 atom stereocenters. The zero-order valence-corrected chi connectivity index (χ0v) is 12.8. The molecule has 3 heterocycles. The van der Waals surface area contributed by atoms with E-state index in [1.807, 2.05) is 16.6 Å². The second-order valence-corrected chi connectivity index (χ2v) is 7.06. The van der Waals surface area contributed by atoms with Gasteiger partial charge in [0.25, 0.3) is 5.91 Å². The van der Waals surface area contributed by atoms with Crippen LogP contribution in [0.5, 0.6) is 0 Å². The van der Waals surface area contributed by atoms with Crippen LogP contribution in [-0.4, -0.2) is 46.8 Å². The minimum Gasteiger partial charge on any atom is -0.338 e. The minimum atomic E-state index is 0.200. The molecule has 4 rings (SSSR count). The van der Waals surface area contributed by atoms with Crippen molar-refractivity contribution in [3.8, 4) is 0 Å². The highest BCUT2D eigenvalue weighted by atomic mass is 16.2. The number of carbonyl (C=O) groups is 1. The van der Waals surface area contributed by atoms with E-state index in [1.165, 1.54) is 19.3 Å². The van der Waals surface area contributed by atoms with Crippen LogP contribution in [0.3, 0.4) is 0 Å². The molecule has 0 bridgehead atoms. The van der Waals surface area contributed by atoms with Gasteiger partial charge in [-0.25, -0.2) is 0 Å². The van der Waals surface area contributed by atoms with Gasteiger partial charge in [0.2, 0.25) is 0 Å². The number of carbonyl (C=O) groups excluding carboxylic acids is 1. The molecule has 2 saturated heterocycles. The van der Waals surface area contributed by atoms with Crippen molar-refractivity contribution in [1.82, 2.24) is 20.0 Å². The number of hydrogen-bond acceptors (Lipinski definition) is 3. The molecule has 0 radical (unpaired) electrons. The molecule has 0 unspecified atom stereocenters. The van der Waals surface area contributed by atoms with Gasteiger partial charge < -0.3 is 10.2 Å². The lowest BCUT2D eigenvalue weighted by atomic mass is 9.78. The molecule has 3 aliphatic rings. The number of piperidine rings is 1. The van der Waals surface area contributed by atoms with Crippen molar-refractivity contribution in [1.29, 1.82) is 0 Å². The maximum atomic E-state index is 12.8. The topological polar surface area (TPSA) is 50.2 Å². The van der Waals surface area contributed by atoms with Gasteiger partial charge in [-0.1, -0.05) is 0 Å². The first-order valence-corrected chi connectivity index (χ1v) is 8.20.